The van der Waals surface area contributed by atoms with Crippen LogP contribution in [0.2, 0.25) is 0 Å². The normalized spacial score (nSPS) is 13.8. The number of para-hydroxylation sites is 2. The van der Waals surface area contributed by atoms with Crippen LogP contribution < -0.4 is 20.1 Å². The van der Waals surface area contributed by atoms with Crippen LogP contribution in [-0.4, -0.2) is 39.1 Å². The maximum absolute atomic E-state index is 12.2. The van der Waals surface area contributed by atoms with Crippen LogP contribution in [-0.2, 0) is 10.0 Å². The van der Waals surface area contributed by atoms with E-state index in [-0.39, 0.29) is 18.0 Å². The van der Waals surface area contributed by atoms with Crippen molar-refractivity contribution in [1.29, 1.82) is 0 Å². The highest BCUT2D eigenvalue weighted by Gasteiger charge is 2.21. The van der Waals surface area contributed by atoms with Crippen molar-refractivity contribution in [3.8, 4) is 5.75 Å². The first-order valence-corrected chi connectivity index (χ1v) is 10.3. The van der Waals surface area contributed by atoms with Gasteiger partial charge in [-0.3, -0.25) is 5.32 Å². The SMILES string of the molecule is CCOc1ccccc1NC(C)(O)NCCNS(=O)(=O)c1ccc(C)cc1. The zero-order valence-electron chi connectivity index (χ0n) is 15.8. The summed E-state index contributed by atoms with van der Waals surface area (Å²) in [5.74, 6) is -0.815. The maximum atomic E-state index is 12.2. The molecule has 0 amide bonds. The second-order valence-corrected chi connectivity index (χ2v) is 8.03. The lowest BCUT2D eigenvalue weighted by Crippen LogP contribution is -2.51. The molecule has 7 nitrogen and oxygen atoms in total. The molecule has 148 valence electrons. The van der Waals surface area contributed by atoms with Crippen LogP contribution in [0, 0.1) is 6.92 Å². The Labute approximate surface area is 160 Å². The van der Waals surface area contributed by atoms with E-state index in [1.54, 1.807) is 43.3 Å². The molecule has 0 aromatic heterocycles. The van der Waals surface area contributed by atoms with E-state index in [4.69, 9.17) is 4.74 Å². The summed E-state index contributed by atoms with van der Waals surface area (Å²) in [5.41, 5.74) is 1.63. The van der Waals surface area contributed by atoms with Crippen molar-refractivity contribution >= 4 is 15.7 Å². The molecule has 0 fully saturated rings. The van der Waals surface area contributed by atoms with E-state index in [9.17, 15) is 13.5 Å². The van der Waals surface area contributed by atoms with Crippen molar-refractivity contribution in [3.63, 3.8) is 0 Å². The second kappa shape index (κ2) is 9.18. The van der Waals surface area contributed by atoms with Crippen molar-refractivity contribution in [3.05, 3.63) is 54.1 Å². The number of sulfonamides is 1. The molecular weight excluding hydrogens is 366 g/mol. The predicted molar refractivity (Wildman–Crippen MR) is 106 cm³/mol. The number of hydrogen-bond acceptors (Lipinski definition) is 6. The van der Waals surface area contributed by atoms with E-state index in [0.717, 1.165) is 5.56 Å². The van der Waals surface area contributed by atoms with E-state index < -0.39 is 15.9 Å². The summed E-state index contributed by atoms with van der Waals surface area (Å²) in [7, 11) is -3.58. The van der Waals surface area contributed by atoms with Crippen molar-refractivity contribution in [2.45, 2.75) is 31.5 Å². The summed E-state index contributed by atoms with van der Waals surface area (Å²) in [6.45, 7) is 6.18. The van der Waals surface area contributed by atoms with E-state index in [2.05, 4.69) is 15.4 Å². The molecule has 8 heteroatoms. The number of nitrogens with one attached hydrogen (secondary N) is 3. The molecule has 0 spiro atoms. The lowest BCUT2D eigenvalue weighted by atomic mass is 10.2. The number of hydrogen-bond donors (Lipinski definition) is 4. The fraction of sp³-hybridized carbons (Fsp3) is 0.368. The van der Waals surface area contributed by atoms with Crippen LogP contribution in [0.25, 0.3) is 0 Å². The Morgan fingerprint density at radius 3 is 2.41 bits per heavy atom. The van der Waals surface area contributed by atoms with Gasteiger partial charge in [0, 0.05) is 13.1 Å². The fourth-order valence-corrected chi connectivity index (χ4v) is 3.48. The van der Waals surface area contributed by atoms with Gasteiger partial charge < -0.3 is 15.2 Å². The van der Waals surface area contributed by atoms with E-state index in [0.29, 0.717) is 18.0 Å². The van der Waals surface area contributed by atoms with Gasteiger partial charge in [0.15, 0.2) is 5.85 Å². The van der Waals surface area contributed by atoms with Crippen molar-refractivity contribution in [2.75, 3.05) is 25.0 Å². The van der Waals surface area contributed by atoms with Gasteiger partial charge in [-0.15, -0.1) is 0 Å². The number of aliphatic hydroxyl groups is 1. The van der Waals surface area contributed by atoms with Crippen LogP contribution in [0.3, 0.4) is 0 Å². The monoisotopic (exact) mass is 393 g/mol. The zero-order chi connectivity index (χ0) is 19.9. The average Bonchev–Trinajstić information content (AvgIpc) is 2.61. The highest BCUT2D eigenvalue weighted by Crippen LogP contribution is 2.25. The minimum Gasteiger partial charge on any atom is -0.492 e. The Hall–Kier alpha value is -2.13. The molecule has 0 bridgehead atoms. The van der Waals surface area contributed by atoms with Gasteiger partial charge in [0.1, 0.15) is 5.75 Å². The minimum atomic E-state index is -3.58. The molecule has 1 atom stereocenters. The van der Waals surface area contributed by atoms with Crippen LogP contribution in [0.5, 0.6) is 5.75 Å². The molecule has 0 saturated carbocycles. The molecule has 2 rings (SSSR count). The van der Waals surface area contributed by atoms with Gasteiger partial charge in [-0.25, -0.2) is 13.1 Å². The molecule has 0 saturated heterocycles. The van der Waals surface area contributed by atoms with E-state index >= 15 is 0 Å². The Kier molecular flexibility index (Phi) is 7.20. The van der Waals surface area contributed by atoms with Crippen LogP contribution >= 0.6 is 0 Å². The molecule has 2 aromatic carbocycles. The third kappa shape index (κ3) is 6.51. The number of aryl methyl sites for hydroxylation is 1. The largest absolute Gasteiger partial charge is 0.492 e. The van der Waals surface area contributed by atoms with Crippen LogP contribution in [0.15, 0.2) is 53.4 Å². The molecule has 1 unspecified atom stereocenters. The van der Waals surface area contributed by atoms with Crippen molar-refractivity contribution in [2.24, 2.45) is 0 Å². The molecule has 0 heterocycles. The number of rotatable bonds is 10. The number of anilines is 1. The summed E-state index contributed by atoms with van der Waals surface area (Å²) in [6, 6.07) is 13.9. The van der Waals surface area contributed by atoms with Gasteiger partial charge in [0.05, 0.1) is 17.2 Å². The Bertz CT molecular complexity index is 836. The smallest absolute Gasteiger partial charge is 0.240 e. The summed E-state index contributed by atoms with van der Waals surface area (Å²) in [4.78, 5) is 0.212. The molecule has 2 aromatic rings. The maximum Gasteiger partial charge on any atom is 0.240 e. The Morgan fingerprint density at radius 2 is 1.74 bits per heavy atom. The molecule has 27 heavy (non-hydrogen) atoms. The van der Waals surface area contributed by atoms with Gasteiger partial charge in [-0.05, 0) is 45.0 Å². The summed E-state index contributed by atoms with van der Waals surface area (Å²) in [5, 5.41) is 16.3. The first kappa shape index (κ1) is 21.2. The molecule has 0 aliphatic rings. The highest BCUT2D eigenvalue weighted by atomic mass is 32.2. The third-order valence-corrected chi connectivity index (χ3v) is 5.26. The Balaban J connectivity index is 1.87. The van der Waals surface area contributed by atoms with Gasteiger partial charge in [0.2, 0.25) is 10.0 Å². The standard InChI is InChI=1S/C19H27N3O4S/c1-4-26-18-8-6-5-7-17(18)22-19(3,23)20-13-14-21-27(24,25)16-11-9-15(2)10-12-16/h5-12,20-23H,4,13-14H2,1-3H3. The average molecular weight is 394 g/mol. The number of benzene rings is 2. The van der Waals surface area contributed by atoms with Crippen molar-refractivity contribution < 1.29 is 18.3 Å². The summed E-state index contributed by atoms with van der Waals surface area (Å²) >= 11 is 0. The molecule has 0 radical (unpaired) electrons. The summed E-state index contributed by atoms with van der Waals surface area (Å²) in [6.07, 6.45) is 0. The first-order valence-electron chi connectivity index (χ1n) is 8.77. The first-order chi connectivity index (χ1) is 12.7. The Morgan fingerprint density at radius 1 is 1.07 bits per heavy atom. The third-order valence-electron chi connectivity index (χ3n) is 3.78. The van der Waals surface area contributed by atoms with Crippen molar-refractivity contribution in [1.82, 2.24) is 10.0 Å². The molecule has 0 aliphatic carbocycles. The molecular formula is C19H27N3O4S. The second-order valence-electron chi connectivity index (χ2n) is 6.26. The number of ether oxygens (including phenoxy) is 1. The minimum absolute atomic E-state index is 0.126. The highest BCUT2D eigenvalue weighted by molar-refractivity contribution is 7.89. The topological polar surface area (TPSA) is 99.7 Å². The van der Waals surface area contributed by atoms with Crippen LogP contribution in [0.1, 0.15) is 19.4 Å². The van der Waals surface area contributed by atoms with Gasteiger partial charge in [-0.2, -0.15) is 0 Å². The van der Waals surface area contributed by atoms with Gasteiger partial charge in [-0.1, -0.05) is 29.8 Å². The molecule has 0 aliphatic heterocycles. The lowest BCUT2D eigenvalue weighted by Gasteiger charge is -2.28. The van der Waals surface area contributed by atoms with Gasteiger partial charge >= 0.3 is 0 Å². The van der Waals surface area contributed by atoms with Gasteiger partial charge in [0.25, 0.3) is 0 Å². The van der Waals surface area contributed by atoms with Crippen LogP contribution in [0.4, 0.5) is 5.69 Å². The van der Waals surface area contributed by atoms with E-state index in [1.807, 2.05) is 26.0 Å². The quantitative estimate of drug-likeness (QED) is 0.364. The van der Waals surface area contributed by atoms with E-state index in [1.165, 1.54) is 0 Å². The fourth-order valence-electron chi connectivity index (χ4n) is 2.45. The lowest BCUT2D eigenvalue weighted by molar-refractivity contribution is 0.0540. The molecule has 4 N–H and O–H groups in total. The predicted octanol–water partition coefficient (Wildman–Crippen LogP) is 2.04. The zero-order valence-corrected chi connectivity index (χ0v) is 16.6. The summed E-state index contributed by atoms with van der Waals surface area (Å²) < 4.78 is 32.5.